The third kappa shape index (κ3) is 4.26. The molecule has 0 saturated heterocycles. The van der Waals surface area contributed by atoms with Crippen LogP contribution in [0.15, 0.2) is 42.9 Å². The number of aryl methyl sites for hydroxylation is 1. The van der Waals surface area contributed by atoms with E-state index in [1.165, 1.54) is 25.6 Å². The van der Waals surface area contributed by atoms with Gasteiger partial charge < -0.3 is 25.1 Å². The molecule has 9 nitrogen and oxygen atoms in total. The normalized spacial score (nSPS) is 16.9. The zero-order chi connectivity index (χ0) is 25.6. The van der Waals surface area contributed by atoms with Crippen molar-refractivity contribution in [3.63, 3.8) is 0 Å². The van der Waals surface area contributed by atoms with Gasteiger partial charge in [0, 0.05) is 24.4 Å². The van der Waals surface area contributed by atoms with Gasteiger partial charge in [-0.15, -0.1) is 0 Å². The quantitative estimate of drug-likeness (QED) is 0.289. The monoisotopic (exact) mass is 525 g/mol. The fraction of sp³-hybridized carbons (Fsp3) is 0.200. The predicted octanol–water partition coefficient (Wildman–Crippen LogP) is 5.37. The average Bonchev–Trinajstić information content (AvgIpc) is 3.24. The lowest BCUT2D eigenvalue weighted by molar-refractivity contribution is -0.121. The lowest BCUT2D eigenvalue weighted by Crippen LogP contribution is -2.53. The van der Waals surface area contributed by atoms with E-state index in [0.717, 1.165) is 5.56 Å². The van der Waals surface area contributed by atoms with Crippen LogP contribution in [0.2, 0.25) is 10.0 Å². The lowest BCUT2D eigenvalue weighted by atomic mass is 9.96. The topological polar surface area (TPSA) is 118 Å². The molecule has 1 amide bonds. The van der Waals surface area contributed by atoms with E-state index in [2.05, 4.69) is 25.6 Å². The molecule has 5 rings (SSSR count). The van der Waals surface area contributed by atoms with Crippen molar-refractivity contribution in [2.24, 2.45) is 0 Å². The van der Waals surface area contributed by atoms with E-state index in [4.69, 9.17) is 32.7 Å². The second kappa shape index (κ2) is 9.09. The largest absolute Gasteiger partial charge is 0.456 e. The molecule has 0 fully saturated rings. The minimum atomic E-state index is -1.04. The number of ketones is 1. The molecule has 3 N–H and O–H groups in total. The van der Waals surface area contributed by atoms with Gasteiger partial charge in [0.05, 0.1) is 46.3 Å². The van der Waals surface area contributed by atoms with Crippen LogP contribution in [0.4, 0.5) is 11.4 Å². The van der Waals surface area contributed by atoms with E-state index in [0.29, 0.717) is 44.5 Å². The van der Waals surface area contributed by atoms with Crippen LogP contribution in [0, 0.1) is 6.92 Å². The van der Waals surface area contributed by atoms with Crippen LogP contribution in [-0.4, -0.2) is 45.9 Å². The number of carbonyl (C=O) groups excluding carboxylic acids is 2. The summed E-state index contributed by atoms with van der Waals surface area (Å²) in [7, 11) is 1.51. The van der Waals surface area contributed by atoms with Crippen molar-refractivity contribution in [2.45, 2.75) is 19.4 Å². The van der Waals surface area contributed by atoms with Crippen molar-refractivity contribution in [1.29, 1.82) is 0 Å². The molecule has 0 unspecified atom stereocenters. The summed E-state index contributed by atoms with van der Waals surface area (Å²) in [4.78, 5) is 37.8. The number of aromatic nitrogens is 3. The smallest absolute Gasteiger partial charge is 0.252 e. The Morgan fingerprint density at radius 1 is 1.11 bits per heavy atom. The number of carbonyl (C=O) groups is 2. The Hall–Kier alpha value is -3.66. The predicted molar refractivity (Wildman–Crippen MR) is 138 cm³/mol. The third-order valence-corrected chi connectivity index (χ3v) is 6.32. The van der Waals surface area contributed by atoms with E-state index >= 15 is 0 Å². The number of benzene rings is 1. The average molecular weight is 526 g/mol. The molecule has 0 bridgehead atoms. The van der Waals surface area contributed by atoms with Gasteiger partial charge in [-0.25, -0.2) is 9.97 Å². The maximum atomic E-state index is 13.5. The maximum Gasteiger partial charge on any atom is 0.252 e. The Morgan fingerprint density at radius 3 is 2.64 bits per heavy atom. The molecular formula is C25H21Cl2N5O4. The Morgan fingerprint density at radius 2 is 1.92 bits per heavy atom. The van der Waals surface area contributed by atoms with Crippen LogP contribution in [0.5, 0.6) is 11.5 Å². The summed E-state index contributed by atoms with van der Waals surface area (Å²) in [5.41, 5.74) is 1.71. The number of H-pyrrole nitrogens is 1. The Bertz CT molecular complexity index is 1520. The van der Waals surface area contributed by atoms with Gasteiger partial charge in [0.25, 0.3) is 5.91 Å². The highest BCUT2D eigenvalue weighted by Crippen LogP contribution is 2.39. The number of nitrogens with one attached hydrogen (secondary N) is 3. The van der Waals surface area contributed by atoms with E-state index in [1.807, 2.05) is 19.1 Å². The summed E-state index contributed by atoms with van der Waals surface area (Å²) in [6.45, 7) is 3.74. The SMILES string of the molecule is COC[C@]1(C)Nc2c(cnc3[nH]cc(C(=O)c4ncc(Oc5cc(C)cc(Cl)c5)cc4Cl)c23)NC1=O. The number of halogens is 2. The third-order valence-electron chi connectivity index (χ3n) is 5.81. The van der Waals surface area contributed by atoms with Gasteiger partial charge in [0.2, 0.25) is 5.78 Å². The Kier molecular flexibility index (Phi) is 6.07. The summed E-state index contributed by atoms with van der Waals surface area (Å²) in [6.07, 6.45) is 4.49. The van der Waals surface area contributed by atoms with Crippen LogP contribution in [0.25, 0.3) is 11.0 Å². The highest BCUT2D eigenvalue weighted by atomic mass is 35.5. The fourth-order valence-corrected chi connectivity index (χ4v) is 4.67. The molecule has 1 aromatic carbocycles. The van der Waals surface area contributed by atoms with Gasteiger partial charge in [-0.05, 0) is 37.6 Å². The molecular weight excluding hydrogens is 505 g/mol. The maximum absolute atomic E-state index is 13.5. The van der Waals surface area contributed by atoms with Gasteiger partial charge in [-0.3, -0.25) is 9.59 Å². The molecule has 0 saturated carbocycles. The summed E-state index contributed by atoms with van der Waals surface area (Å²) in [6, 6.07) is 6.83. The number of amides is 1. The molecule has 4 aromatic rings. The van der Waals surface area contributed by atoms with Crippen molar-refractivity contribution < 1.29 is 19.1 Å². The second-order valence-corrected chi connectivity index (χ2v) is 9.56. The number of aromatic amines is 1. The summed E-state index contributed by atoms with van der Waals surface area (Å²) < 4.78 is 11.1. The molecule has 0 aliphatic carbocycles. The van der Waals surface area contributed by atoms with E-state index in [1.54, 1.807) is 19.2 Å². The number of fused-ring (bicyclic) bond motifs is 3. The Balaban J connectivity index is 1.51. The van der Waals surface area contributed by atoms with E-state index in [-0.39, 0.29) is 23.2 Å². The van der Waals surface area contributed by atoms with Crippen molar-refractivity contribution in [3.8, 4) is 11.5 Å². The van der Waals surface area contributed by atoms with E-state index in [9.17, 15) is 9.59 Å². The second-order valence-electron chi connectivity index (χ2n) is 8.71. The fourth-order valence-electron chi connectivity index (χ4n) is 4.15. The molecule has 0 radical (unpaired) electrons. The highest BCUT2D eigenvalue weighted by molar-refractivity contribution is 6.35. The number of ether oxygens (including phenoxy) is 2. The standard InChI is InChI=1S/C25H21Cl2N5O4/c1-12-4-13(26)6-14(5-12)36-15-7-17(27)20(28-8-15)22(33)16-9-29-23-19(16)21-18(10-30-23)31-24(34)25(2,32-21)11-35-3/h4-10,32H,11H2,1-3H3,(H,29,30)(H,31,34)/t25-/m0/s1. The van der Waals surface area contributed by atoms with Crippen LogP contribution in [0.1, 0.15) is 28.5 Å². The first-order chi connectivity index (χ1) is 17.2. The number of pyridine rings is 2. The van der Waals surface area contributed by atoms with Gasteiger partial charge in [0.15, 0.2) is 0 Å². The number of methoxy groups -OCH3 is 1. The number of anilines is 2. The summed E-state index contributed by atoms with van der Waals surface area (Å²) >= 11 is 12.6. The minimum Gasteiger partial charge on any atom is -0.456 e. The molecule has 0 spiro atoms. The van der Waals surface area contributed by atoms with Crippen LogP contribution in [0.3, 0.4) is 0 Å². The first-order valence-corrected chi connectivity index (χ1v) is 11.7. The summed E-state index contributed by atoms with van der Waals surface area (Å²) in [5, 5.41) is 7.23. The number of rotatable bonds is 6. The van der Waals surface area contributed by atoms with Crippen molar-refractivity contribution in [1.82, 2.24) is 15.0 Å². The first kappa shape index (κ1) is 24.1. The highest BCUT2D eigenvalue weighted by Gasteiger charge is 2.39. The van der Waals surface area contributed by atoms with Crippen LogP contribution >= 0.6 is 23.2 Å². The van der Waals surface area contributed by atoms with Crippen molar-refractivity contribution in [3.05, 3.63) is 69.7 Å². The lowest BCUT2D eigenvalue weighted by Gasteiger charge is -2.35. The van der Waals surface area contributed by atoms with Gasteiger partial charge in [-0.2, -0.15) is 0 Å². The molecule has 3 aromatic heterocycles. The number of hydrogen-bond acceptors (Lipinski definition) is 7. The molecule has 1 aliphatic heterocycles. The molecule has 1 aliphatic rings. The van der Waals surface area contributed by atoms with Gasteiger partial charge >= 0.3 is 0 Å². The molecule has 4 heterocycles. The molecule has 11 heteroatoms. The zero-order valence-corrected chi connectivity index (χ0v) is 21.0. The van der Waals surface area contributed by atoms with Gasteiger partial charge in [0.1, 0.15) is 28.4 Å². The molecule has 1 atom stereocenters. The van der Waals surface area contributed by atoms with Crippen molar-refractivity contribution in [2.75, 3.05) is 24.4 Å². The molecule has 36 heavy (non-hydrogen) atoms. The van der Waals surface area contributed by atoms with E-state index < -0.39 is 11.3 Å². The van der Waals surface area contributed by atoms with Crippen LogP contribution < -0.4 is 15.4 Å². The number of hydrogen-bond donors (Lipinski definition) is 3. The minimum absolute atomic E-state index is 0.0456. The molecule has 184 valence electrons. The Labute approximate surface area is 216 Å². The van der Waals surface area contributed by atoms with Gasteiger partial charge in [-0.1, -0.05) is 23.2 Å². The van der Waals surface area contributed by atoms with Crippen molar-refractivity contribution >= 4 is 57.3 Å². The van der Waals surface area contributed by atoms with Crippen LogP contribution in [-0.2, 0) is 9.53 Å². The number of nitrogens with zero attached hydrogens (tertiary/aromatic N) is 2. The summed E-state index contributed by atoms with van der Waals surface area (Å²) in [5.74, 6) is 0.199. The zero-order valence-electron chi connectivity index (χ0n) is 19.5. The first-order valence-electron chi connectivity index (χ1n) is 10.9.